The molecule has 0 unspecified atom stereocenters. The minimum Gasteiger partial charge on any atom is -0.322 e. The van der Waals surface area contributed by atoms with Crippen LogP contribution in [0.1, 0.15) is 33.2 Å². The van der Waals surface area contributed by atoms with Crippen LogP contribution in [0.15, 0.2) is 71.8 Å². The van der Waals surface area contributed by atoms with Crippen LogP contribution in [0.2, 0.25) is 15.1 Å². The molecule has 3 aromatic carbocycles. The van der Waals surface area contributed by atoms with Crippen LogP contribution in [-0.2, 0) is 0 Å². The summed E-state index contributed by atoms with van der Waals surface area (Å²) in [6, 6.07) is 18.3. The van der Waals surface area contributed by atoms with Crippen molar-refractivity contribution in [1.82, 2.24) is 5.43 Å². The quantitative estimate of drug-likeness (QED) is 0.359. The van der Waals surface area contributed by atoms with Gasteiger partial charge in [0.1, 0.15) is 0 Å². The van der Waals surface area contributed by atoms with Gasteiger partial charge in [0.15, 0.2) is 0 Å². The lowest BCUT2D eigenvalue weighted by Crippen LogP contribution is -2.19. The maximum atomic E-state index is 12.4. The highest BCUT2D eigenvalue weighted by atomic mass is 35.5. The van der Waals surface area contributed by atoms with E-state index in [0.717, 1.165) is 5.56 Å². The SMILES string of the molecule is C/C(=N\NC(=O)c1ccc(Cl)c(Cl)c1)c1cccc(NC(=O)c2ccc(Cl)cc2)c1. The van der Waals surface area contributed by atoms with E-state index in [2.05, 4.69) is 15.8 Å². The van der Waals surface area contributed by atoms with Crippen LogP contribution in [0.25, 0.3) is 0 Å². The highest BCUT2D eigenvalue weighted by Crippen LogP contribution is 2.22. The summed E-state index contributed by atoms with van der Waals surface area (Å²) in [5.74, 6) is -0.675. The molecule has 0 fully saturated rings. The number of hydrogen-bond acceptors (Lipinski definition) is 3. The first-order valence-electron chi connectivity index (χ1n) is 8.80. The molecule has 3 aromatic rings. The molecule has 0 aliphatic rings. The van der Waals surface area contributed by atoms with E-state index in [9.17, 15) is 9.59 Å². The van der Waals surface area contributed by atoms with E-state index in [0.29, 0.717) is 32.6 Å². The molecule has 0 aromatic heterocycles. The molecule has 3 rings (SSSR count). The van der Waals surface area contributed by atoms with Crippen LogP contribution in [0.4, 0.5) is 5.69 Å². The van der Waals surface area contributed by atoms with Crippen LogP contribution in [0.3, 0.4) is 0 Å². The number of carbonyl (C=O) groups is 2. The third kappa shape index (κ3) is 5.60. The number of nitrogens with one attached hydrogen (secondary N) is 2. The Kier molecular flexibility index (Phi) is 7.11. The summed E-state index contributed by atoms with van der Waals surface area (Å²) >= 11 is 17.7. The molecule has 0 atom stereocenters. The fourth-order valence-corrected chi connectivity index (χ4v) is 2.95. The fraction of sp³-hybridized carbons (Fsp3) is 0.0455. The molecule has 0 radical (unpaired) electrons. The minimum absolute atomic E-state index is 0.258. The summed E-state index contributed by atoms with van der Waals surface area (Å²) in [6.45, 7) is 1.75. The number of hydrogen-bond donors (Lipinski definition) is 2. The lowest BCUT2D eigenvalue weighted by molar-refractivity contribution is 0.0954. The molecule has 0 aliphatic heterocycles. The monoisotopic (exact) mass is 459 g/mol. The molecular weight excluding hydrogens is 445 g/mol. The van der Waals surface area contributed by atoms with Crippen LogP contribution >= 0.6 is 34.8 Å². The van der Waals surface area contributed by atoms with E-state index in [4.69, 9.17) is 34.8 Å². The van der Waals surface area contributed by atoms with Crippen molar-refractivity contribution in [2.75, 3.05) is 5.32 Å². The zero-order valence-electron chi connectivity index (χ0n) is 15.7. The normalized spacial score (nSPS) is 11.1. The molecule has 0 heterocycles. The number of carbonyl (C=O) groups excluding carboxylic acids is 2. The summed E-state index contributed by atoms with van der Waals surface area (Å²) in [5.41, 5.74) is 5.20. The van der Waals surface area contributed by atoms with E-state index < -0.39 is 5.91 Å². The van der Waals surface area contributed by atoms with E-state index >= 15 is 0 Å². The van der Waals surface area contributed by atoms with Crippen molar-refractivity contribution >= 4 is 58.0 Å². The smallest absolute Gasteiger partial charge is 0.271 e. The Hall–Kier alpha value is -2.86. The molecule has 2 amide bonds. The van der Waals surface area contributed by atoms with Crippen molar-refractivity contribution < 1.29 is 9.59 Å². The van der Waals surface area contributed by atoms with Crippen LogP contribution in [0.5, 0.6) is 0 Å². The van der Waals surface area contributed by atoms with Gasteiger partial charge in [0, 0.05) is 21.8 Å². The average molecular weight is 461 g/mol. The predicted molar refractivity (Wildman–Crippen MR) is 122 cm³/mol. The van der Waals surface area contributed by atoms with Crippen LogP contribution in [0, 0.1) is 0 Å². The molecule has 30 heavy (non-hydrogen) atoms. The largest absolute Gasteiger partial charge is 0.322 e. The maximum absolute atomic E-state index is 12.4. The third-order valence-electron chi connectivity index (χ3n) is 4.15. The zero-order chi connectivity index (χ0) is 21.7. The highest BCUT2D eigenvalue weighted by molar-refractivity contribution is 6.42. The Balaban J connectivity index is 1.69. The Morgan fingerprint density at radius 2 is 1.47 bits per heavy atom. The number of amides is 2. The Bertz CT molecular complexity index is 1130. The number of benzene rings is 3. The molecule has 0 bridgehead atoms. The van der Waals surface area contributed by atoms with Gasteiger partial charge in [0.05, 0.1) is 15.8 Å². The van der Waals surface area contributed by atoms with Crippen molar-refractivity contribution in [1.29, 1.82) is 0 Å². The summed E-state index contributed by atoms with van der Waals surface area (Å²) in [4.78, 5) is 24.6. The van der Waals surface area contributed by atoms with E-state index in [1.54, 1.807) is 61.5 Å². The first-order chi connectivity index (χ1) is 14.3. The average Bonchev–Trinajstić information content (AvgIpc) is 2.74. The number of rotatable bonds is 5. The summed E-state index contributed by atoms with van der Waals surface area (Å²) in [5, 5.41) is 8.16. The topological polar surface area (TPSA) is 70.6 Å². The van der Waals surface area contributed by atoms with Gasteiger partial charge in [-0.05, 0) is 67.1 Å². The number of anilines is 1. The second-order valence-corrected chi connectivity index (χ2v) is 7.56. The first-order valence-corrected chi connectivity index (χ1v) is 9.94. The molecule has 152 valence electrons. The van der Waals surface area contributed by atoms with Gasteiger partial charge < -0.3 is 5.32 Å². The lowest BCUT2D eigenvalue weighted by atomic mass is 10.1. The van der Waals surface area contributed by atoms with Gasteiger partial charge >= 0.3 is 0 Å². The van der Waals surface area contributed by atoms with Gasteiger partial charge in [0.25, 0.3) is 11.8 Å². The number of nitrogens with zero attached hydrogens (tertiary/aromatic N) is 1. The molecule has 0 saturated carbocycles. The summed E-state index contributed by atoms with van der Waals surface area (Å²) < 4.78 is 0. The Morgan fingerprint density at radius 3 is 2.17 bits per heavy atom. The minimum atomic E-state index is -0.417. The first kappa shape index (κ1) is 21.8. The highest BCUT2D eigenvalue weighted by Gasteiger charge is 2.09. The molecule has 0 aliphatic carbocycles. The second kappa shape index (κ2) is 9.76. The molecule has 2 N–H and O–H groups in total. The van der Waals surface area contributed by atoms with Gasteiger partial charge in [0.2, 0.25) is 0 Å². The Morgan fingerprint density at radius 1 is 0.767 bits per heavy atom. The molecule has 8 heteroatoms. The second-order valence-electron chi connectivity index (χ2n) is 6.31. The molecule has 0 saturated heterocycles. The lowest BCUT2D eigenvalue weighted by Gasteiger charge is -2.08. The summed E-state index contributed by atoms with van der Waals surface area (Å²) in [7, 11) is 0. The molecule has 0 spiro atoms. The van der Waals surface area contributed by atoms with E-state index in [-0.39, 0.29) is 10.9 Å². The van der Waals surface area contributed by atoms with Gasteiger partial charge in [-0.15, -0.1) is 0 Å². The zero-order valence-corrected chi connectivity index (χ0v) is 18.0. The predicted octanol–water partition coefficient (Wildman–Crippen LogP) is 6.05. The molecule has 5 nitrogen and oxygen atoms in total. The van der Waals surface area contributed by atoms with Crippen molar-refractivity contribution in [3.63, 3.8) is 0 Å². The van der Waals surface area contributed by atoms with Crippen molar-refractivity contribution in [3.05, 3.63) is 98.5 Å². The van der Waals surface area contributed by atoms with Gasteiger partial charge in [-0.3, -0.25) is 9.59 Å². The van der Waals surface area contributed by atoms with Crippen LogP contribution in [-0.4, -0.2) is 17.5 Å². The third-order valence-corrected chi connectivity index (χ3v) is 5.14. The molecular formula is C22H16Cl3N3O2. The van der Waals surface area contributed by atoms with Crippen molar-refractivity contribution in [3.8, 4) is 0 Å². The van der Waals surface area contributed by atoms with Gasteiger partial charge in [-0.25, -0.2) is 5.43 Å². The standard InChI is InChI=1S/C22H16Cl3N3O2/c1-13(27-28-22(30)16-7-10-19(24)20(25)12-16)15-3-2-4-18(11-15)26-21(29)14-5-8-17(23)9-6-14/h2-12H,1H3,(H,26,29)(H,28,30)/b27-13+. The van der Waals surface area contributed by atoms with Crippen molar-refractivity contribution in [2.24, 2.45) is 5.10 Å². The maximum Gasteiger partial charge on any atom is 0.271 e. The van der Waals surface area contributed by atoms with E-state index in [1.807, 2.05) is 6.07 Å². The van der Waals surface area contributed by atoms with Gasteiger partial charge in [-0.2, -0.15) is 5.10 Å². The fourth-order valence-electron chi connectivity index (χ4n) is 2.53. The number of halogens is 3. The van der Waals surface area contributed by atoms with Crippen LogP contribution < -0.4 is 10.7 Å². The Labute approximate surface area is 188 Å². The number of hydrazone groups is 1. The van der Waals surface area contributed by atoms with E-state index in [1.165, 1.54) is 6.07 Å². The van der Waals surface area contributed by atoms with Crippen molar-refractivity contribution in [2.45, 2.75) is 6.92 Å². The summed E-state index contributed by atoms with van der Waals surface area (Å²) in [6.07, 6.45) is 0. The van der Waals surface area contributed by atoms with Gasteiger partial charge in [-0.1, -0.05) is 46.9 Å².